The Morgan fingerprint density at radius 3 is 2.67 bits per heavy atom. The van der Waals surface area contributed by atoms with Gasteiger partial charge >= 0.3 is 0 Å². The van der Waals surface area contributed by atoms with Gasteiger partial charge in [-0.2, -0.15) is 5.26 Å². The van der Waals surface area contributed by atoms with Gasteiger partial charge in [-0.15, -0.1) is 0 Å². The molecule has 0 aliphatic carbocycles. The lowest BCUT2D eigenvalue weighted by molar-refractivity contribution is 0.111. The van der Waals surface area contributed by atoms with E-state index < -0.39 is 0 Å². The van der Waals surface area contributed by atoms with E-state index in [9.17, 15) is 9.90 Å². The number of rotatable bonds is 13. The van der Waals surface area contributed by atoms with Gasteiger partial charge in [0, 0.05) is 43.7 Å². The molecular formula is C36H36ClN3O5. The van der Waals surface area contributed by atoms with E-state index in [0.29, 0.717) is 46.1 Å². The minimum atomic E-state index is -0.204. The number of nitrogens with zero attached hydrogens (tertiary/aromatic N) is 3. The number of hydrogen-bond donors (Lipinski definition) is 1. The Morgan fingerprint density at radius 2 is 1.89 bits per heavy atom. The average molecular weight is 626 g/mol. The number of halogens is 1. The van der Waals surface area contributed by atoms with Gasteiger partial charge < -0.3 is 24.2 Å². The molecule has 3 aromatic carbocycles. The second kappa shape index (κ2) is 15.0. The Hall–Kier alpha value is -4.42. The van der Waals surface area contributed by atoms with Crippen molar-refractivity contribution in [3.05, 3.63) is 105 Å². The summed E-state index contributed by atoms with van der Waals surface area (Å²) >= 11 is 6.49. The number of β-amino-alcohol motifs (C(OH)–C–C–N with tert-alkyl or cyclic N) is 1. The number of carbonyl (C=O) groups excluding carboxylic acids is 1. The molecular weight excluding hydrogens is 590 g/mol. The first-order valence-electron chi connectivity index (χ1n) is 15.0. The topological polar surface area (TPSA) is 105 Å². The monoisotopic (exact) mass is 625 g/mol. The van der Waals surface area contributed by atoms with Crippen LogP contribution in [-0.4, -0.2) is 53.6 Å². The molecule has 2 heterocycles. The highest BCUT2D eigenvalue weighted by molar-refractivity contribution is 6.32. The van der Waals surface area contributed by atoms with Crippen LogP contribution >= 0.6 is 11.6 Å². The smallest absolute Gasteiger partial charge is 0.153 e. The lowest BCUT2D eigenvalue weighted by Crippen LogP contribution is -2.24. The van der Waals surface area contributed by atoms with Crippen LogP contribution in [0.1, 0.15) is 51.0 Å². The Morgan fingerprint density at radius 1 is 1.04 bits per heavy atom. The molecule has 1 N–H and O–H groups in total. The highest BCUT2D eigenvalue weighted by Crippen LogP contribution is 2.35. The van der Waals surface area contributed by atoms with Crippen LogP contribution in [0, 0.1) is 25.2 Å². The summed E-state index contributed by atoms with van der Waals surface area (Å²) in [6.45, 7) is 7.75. The van der Waals surface area contributed by atoms with Gasteiger partial charge in [-0.05, 0) is 78.8 Å². The highest BCUT2D eigenvalue weighted by Gasteiger charge is 2.19. The molecule has 1 saturated heterocycles. The van der Waals surface area contributed by atoms with Gasteiger partial charge in [0.1, 0.15) is 36.5 Å². The van der Waals surface area contributed by atoms with E-state index in [-0.39, 0.29) is 19.3 Å². The minimum absolute atomic E-state index is 0.121. The molecule has 1 aliphatic rings. The summed E-state index contributed by atoms with van der Waals surface area (Å²) in [4.78, 5) is 18.1. The van der Waals surface area contributed by atoms with Crippen molar-refractivity contribution in [1.29, 1.82) is 5.26 Å². The molecule has 45 heavy (non-hydrogen) atoms. The Kier molecular flexibility index (Phi) is 10.7. The molecule has 0 spiro atoms. The second-order valence-electron chi connectivity index (χ2n) is 11.2. The summed E-state index contributed by atoms with van der Waals surface area (Å²) in [6, 6.07) is 19.2. The van der Waals surface area contributed by atoms with Crippen molar-refractivity contribution < 1.29 is 24.1 Å². The number of hydrogen-bond acceptors (Lipinski definition) is 8. The van der Waals surface area contributed by atoms with Crippen molar-refractivity contribution in [3.63, 3.8) is 0 Å². The van der Waals surface area contributed by atoms with Crippen molar-refractivity contribution in [3.8, 4) is 34.4 Å². The van der Waals surface area contributed by atoms with Crippen molar-refractivity contribution >= 4 is 17.9 Å². The van der Waals surface area contributed by atoms with Crippen molar-refractivity contribution in [2.24, 2.45) is 0 Å². The quantitative estimate of drug-likeness (QED) is 0.129. The third-order valence-electron chi connectivity index (χ3n) is 7.97. The fraction of sp³-hybridized carbons (Fsp3) is 0.306. The van der Waals surface area contributed by atoms with E-state index in [1.54, 1.807) is 18.3 Å². The first-order valence-corrected chi connectivity index (χ1v) is 15.3. The zero-order chi connectivity index (χ0) is 31.8. The van der Waals surface area contributed by atoms with E-state index in [2.05, 4.69) is 48.0 Å². The molecule has 1 aromatic heterocycles. The van der Waals surface area contributed by atoms with Gasteiger partial charge in [0.2, 0.25) is 0 Å². The van der Waals surface area contributed by atoms with Crippen molar-refractivity contribution in [2.75, 3.05) is 26.2 Å². The highest BCUT2D eigenvalue weighted by atomic mass is 35.5. The maximum Gasteiger partial charge on any atom is 0.153 e. The number of nitriles is 1. The molecule has 5 rings (SSSR count). The van der Waals surface area contributed by atoms with E-state index in [4.69, 9.17) is 31.1 Å². The van der Waals surface area contributed by atoms with Gasteiger partial charge in [0.15, 0.2) is 6.29 Å². The van der Waals surface area contributed by atoms with E-state index in [1.165, 1.54) is 12.3 Å². The predicted molar refractivity (Wildman–Crippen MR) is 173 cm³/mol. The molecule has 0 unspecified atom stereocenters. The zero-order valence-corrected chi connectivity index (χ0v) is 26.2. The Labute approximate surface area is 268 Å². The molecule has 232 valence electrons. The molecule has 1 fully saturated rings. The fourth-order valence-electron chi connectivity index (χ4n) is 5.43. The number of pyridine rings is 1. The van der Waals surface area contributed by atoms with E-state index >= 15 is 0 Å². The van der Waals surface area contributed by atoms with Gasteiger partial charge in [0.05, 0.1) is 28.9 Å². The number of benzene rings is 3. The molecule has 8 nitrogen and oxygen atoms in total. The van der Waals surface area contributed by atoms with Crippen LogP contribution < -0.4 is 14.2 Å². The maximum atomic E-state index is 11.7. The molecule has 0 bridgehead atoms. The molecule has 0 radical (unpaired) electrons. The van der Waals surface area contributed by atoms with Crippen molar-refractivity contribution in [2.45, 2.75) is 46.0 Å². The van der Waals surface area contributed by atoms with Crippen LogP contribution in [0.4, 0.5) is 0 Å². The normalized spacial score (nSPS) is 14.6. The summed E-state index contributed by atoms with van der Waals surface area (Å²) in [5.74, 6) is 1.53. The third-order valence-corrected chi connectivity index (χ3v) is 8.27. The number of aryl methyl sites for hydroxylation is 1. The summed E-state index contributed by atoms with van der Waals surface area (Å²) in [6.07, 6.45) is 5.31. The molecule has 9 heteroatoms. The molecule has 0 saturated carbocycles. The molecule has 0 amide bonds. The van der Waals surface area contributed by atoms with E-state index in [1.807, 2.05) is 18.2 Å². The predicted octanol–water partition coefficient (Wildman–Crippen LogP) is 6.70. The second-order valence-corrected chi connectivity index (χ2v) is 11.6. The Balaban J connectivity index is 1.26. The zero-order valence-electron chi connectivity index (χ0n) is 25.5. The number of likely N-dealkylation sites (tertiary alicyclic amines) is 1. The SMILES string of the molecule is Cc1ccc(OCCCN2CC[C@@H](O)C2)cc1-c1cccc(COc2cc(OCc3cncc(C#N)c3)c(C=O)cc2Cl)c1C. The first kappa shape index (κ1) is 32.0. The largest absolute Gasteiger partial charge is 0.494 e. The van der Waals surface area contributed by atoms with Crippen LogP contribution in [0.25, 0.3) is 11.1 Å². The van der Waals surface area contributed by atoms with E-state index in [0.717, 1.165) is 66.0 Å². The lowest BCUT2D eigenvalue weighted by atomic mass is 9.93. The van der Waals surface area contributed by atoms with Gasteiger partial charge in [0.25, 0.3) is 0 Å². The van der Waals surface area contributed by atoms with Crippen LogP contribution in [0.2, 0.25) is 5.02 Å². The Bertz CT molecular complexity index is 1700. The number of aldehydes is 1. The summed E-state index contributed by atoms with van der Waals surface area (Å²) in [5, 5.41) is 19.2. The molecule has 4 aromatic rings. The van der Waals surface area contributed by atoms with Crippen LogP contribution in [-0.2, 0) is 13.2 Å². The van der Waals surface area contributed by atoms with Gasteiger partial charge in [-0.25, -0.2) is 0 Å². The van der Waals surface area contributed by atoms with Gasteiger partial charge in [-0.3, -0.25) is 9.78 Å². The van der Waals surface area contributed by atoms with Crippen molar-refractivity contribution in [1.82, 2.24) is 9.88 Å². The average Bonchev–Trinajstić information content (AvgIpc) is 3.47. The molecule has 1 atom stereocenters. The van der Waals surface area contributed by atoms with Crippen LogP contribution in [0.3, 0.4) is 0 Å². The number of aliphatic hydroxyl groups excluding tert-OH is 1. The number of carbonyl (C=O) groups is 1. The summed E-state index contributed by atoms with van der Waals surface area (Å²) < 4.78 is 18.2. The number of aromatic nitrogens is 1. The number of aliphatic hydroxyl groups is 1. The molecule has 1 aliphatic heterocycles. The third kappa shape index (κ3) is 8.20. The van der Waals surface area contributed by atoms with Gasteiger partial charge in [-0.1, -0.05) is 35.9 Å². The summed E-state index contributed by atoms with van der Waals surface area (Å²) in [7, 11) is 0. The first-order chi connectivity index (χ1) is 21.8. The van der Waals surface area contributed by atoms with Crippen LogP contribution in [0.15, 0.2) is 67.0 Å². The summed E-state index contributed by atoms with van der Waals surface area (Å²) in [5.41, 5.74) is 6.80. The van der Waals surface area contributed by atoms with Crippen LogP contribution in [0.5, 0.6) is 17.2 Å². The minimum Gasteiger partial charge on any atom is -0.494 e. The maximum absolute atomic E-state index is 11.7. The standard InChI is InChI=1S/C36H36ClN3O5/c1-24-7-8-31(43-12-4-10-40-11-9-30(42)20-40)15-33(24)32-6-3-5-28(25(32)2)23-45-36-16-35(29(21-41)14-34(36)37)44-22-27-13-26(17-38)18-39-19-27/h3,5-8,13-16,18-19,21,30,42H,4,9-12,20,22-23H2,1-2H3/t30-/m1/s1. The lowest BCUT2D eigenvalue weighted by Gasteiger charge is -2.17. The number of ether oxygens (including phenoxy) is 3. The fourth-order valence-corrected chi connectivity index (χ4v) is 5.65.